The molecule has 6 atom stereocenters. The molecule has 0 aromatic heterocycles. The van der Waals surface area contributed by atoms with E-state index in [1.54, 1.807) is 32.5 Å². The van der Waals surface area contributed by atoms with Crippen molar-refractivity contribution in [2.45, 2.75) is 84.0 Å². The molecule has 0 radical (unpaired) electrons. The molecule has 0 rings (SSSR count). The molecule has 0 saturated heterocycles. The minimum Gasteiger partial charge on any atom is -0.480 e. The van der Waals surface area contributed by atoms with Gasteiger partial charge in [0.05, 0.1) is 6.04 Å². The molecule has 0 fully saturated rings. The van der Waals surface area contributed by atoms with Gasteiger partial charge in [-0.1, -0.05) is 40.5 Å². The smallest absolute Gasteiger partial charge is 0.326 e. The Kier molecular flexibility index (Phi) is 15.2. The number of primary amides is 1. The normalized spacial score (nSPS) is 16.3. The second-order valence-corrected chi connectivity index (χ2v) is 9.52. The van der Waals surface area contributed by atoms with Crippen LogP contribution in [0.4, 0.5) is 0 Å². The van der Waals surface area contributed by atoms with Crippen molar-refractivity contribution in [2.75, 3.05) is 12.0 Å². The van der Waals surface area contributed by atoms with Crippen LogP contribution in [0.1, 0.15) is 59.8 Å². The van der Waals surface area contributed by atoms with Gasteiger partial charge < -0.3 is 32.5 Å². The van der Waals surface area contributed by atoms with Crippen LogP contribution in [0.15, 0.2) is 0 Å². The van der Waals surface area contributed by atoms with E-state index in [1.165, 1.54) is 0 Å². The van der Waals surface area contributed by atoms with Crippen molar-refractivity contribution >= 4 is 41.4 Å². The lowest BCUT2D eigenvalue weighted by Gasteiger charge is -2.28. The number of thioether (sulfide) groups is 1. The maximum Gasteiger partial charge on any atom is 0.326 e. The Labute approximate surface area is 205 Å². The summed E-state index contributed by atoms with van der Waals surface area (Å²) >= 11 is 1.55. The fourth-order valence-corrected chi connectivity index (χ4v) is 3.58. The maximum absolute atomic E-state index is 13.1. The second-order valence-electron chi connectivity index (χ2n) is 8.54. The third-order valence-electron chi connectivity index (χ3n) is 5.85. The van der Waals surface area contributed by atoms with Crippen LogP contribution < -0.4 is 27.4 Å². The Bertz CT molecular complexity index is 707. The molecule has 0 aliphatic heterocycles. The molecule has 0 aliphatic rings. The van der Waals surface area contributed by atoms with Crippen molar-refractivity contribution in [1.29, 1.82) is 0 Å². The van der Waals surface area contributed by atoms with E-state index in [-0.39, 0.29) is 24.7 Å². The highest BCUT2D eigenvalue weighted by molar-refractivity contribution is 7.98. The Morgan fingerprint density at radius 3 is 1.85 bits per heavy atom. The molecule has 0 heterocycles. The molecule has 11 nitrogen and oxygen atoms in total. The van der Waals surface area contributed by atoms with Gasteiger partial charge in [-0.3, -0.25) is 19.2 Å². The van der Waals surface area contributed by atoms with Gasteiger partial charge in [0.2, 0.25) is 23.6 Å². The van der Waals surface area contributed by atoms with E-state index >= 15 is 0 Å². The zero-order valence-electron chi connectivity index (χ0n) is 20.8. The third-order valence-corrected chi connectivity index (χ3v) is 6.50. The number of nitrogens with two attached hydrogens (primary N) is 2. The highest BCUT2D eigenvalue weighted by atomic mass is 32.2. The number of rotatable bonds is 17. The molecule has 0 aromatic rings. The molecule has 196 valence electrons. The second kappa shape index (κ2) is 16.3. The average molecular weight is 504 g/mol. The highest BCUT2D eigenvalue weighted by Gasteiger charge is 2.33. The molecule has 0 aromatic carbocycles. The zero-order valence-corrected chi connectivity index (χ0v) is 21.6. The Hall–Kier alpha value is -2.34. The summed E-state index contributed by atoms with van der Waals surface area (Å²) in [5.41, 5.74) is 11.1. The lowest BCUT2D eigenvalue weighted by Crippen LogP contribution is -2.59. The van der Waals surface area contributed by atoms with Gasteiger partial charge >= 0.3 is 5.97 Å². The van der Waals surface area contributed by atoms with Crippen LogP contribution in [-0.4, -0.2) is 70.9 Å². The molecule has 0 bridgehead atoms. The minimum atomic E-state index is -1.21. The largest absolute Gasteiger partial charge is 0.480 e. The van der Waals surface area contributed by atoms with Gasteiger partial charge in [-0.05, 0) is 36.7 Å². The number of nitrogens with one attached hydrogen (secondary N) is 3. The summed E-state index contributed by atoms with van der Waals surface area (Å²) in [6.45, 7) is 7.11. The lowest BCUT2D eigenvalue weighted by atomic mass is 9.96. The van der Waals surface area contributed by atoms with E-state index in [0.717, 1.165) is 0 Å². The number of amides is 4. The Morgan fingerprint density at radius 1 is 0.853 bits per heavy atom. The van der Waals surface area contributed by atoms with Gasteiger partial charge in [0.15, 0.2) is 0 Å². The first-order chi connectivity index (χ1) is 15.9. The van der Waals surface area contributed by atoms with Crippen molar-refractivity contribution in [3.05, 3.63) is 0 Å². The van der Waals surface area contributed by atoms with E-state index < -0.39 is 53.8 Å². The van der Waals surface area contributed by atoms with Crippen LogP contribution in [0.25, 0.3) is 0 Å². The standard InChI is InChI=1S/C22H41N5O6S/c1-6-12(3)17(26-19(29)14(23)10-11-34-5)21(31)25-15(8-9-16(24)28)20(30)27-18(22(32)33)13(4)7-2/h12-15,17-18H,6-11,23H2,1-5H3,(H2,24,28)(H,25,31)(H,26,29)(H,27,30)(H,32,33). The van der Waals surface area contributed by atoms with Crippen LogP contribution in [0.3, 0.4) is 0 Å². The number of hydrogen-bond acceptors (Lipinski definition) is 7. The average Bonchev–Trinajstić information content (AvgIpc) is 2.79. The molecule has 6 unspecified atom stereocenters. The molecule has 0 spiro atoms. The summed E-state index contributed by atoms with van der Waals surface area (Å²) in [5.74, 6) is -3.66. The molecule has 12 heteroatoms. The quantitative estimate of drug-likeness (QED) is 0.159. The Morgan fingerprint density at radius 2 is 1.38 bits per heavy atom. The monoisotopic (exact) mass is 503 g/mol. The van der Waals surface area contributed by atoms with Crippen LogP contribution in [0.2, 0.25) is 0 Å². The fraction of sp³-hybridized carbons (Fsp3) is 0.773. The number of aliphatic carboxylic acids is 1. The van der Waals surface area contributed by atoms with E-state index in [9.17, 15) is 29.1 Å². The minimum absolute atomic E-state index is 0.117. The number of carbonyl (C=O) groups is 5. The molecule has 4 amide bonds. The fourth-order valence-electron chi connectivity index (χ4n) is 3.09. The van der Waals surface area contributed by atoms with Crippen molar-refractivity contribution in [2.24, 2.45) is 23.3 Å². The molecule has 34 heavy (non-hydrogen) atoms. The van der Waals surface area contributed by atoms with Gasteiger partial charge in [-0.25, -0.2) is 4.79 Å². The van der Waals surface area contributed by atoms with Crippen molar-refractivity contribution < 1.29 is 29.1 Å². The summed E-state index contributed by atoms with van der Waals surface area (Å²) in [6.07, 6.45) is 3.10. The molecule has 0 saturated carbocycles. The van der Waals surface area contributed by atoms with Gasteiger partial charge in [0, 0.05) is 6.42 Å². The topological polar surface area (TPSA) is 194 Å². The van der Waals surface area contributed by atoms with Crippen molar-refractivity contribution in [3.8, 4) is 0 Å². The zero-order chi connectivity index (χ0) is 26.4. The highest BCUT2D eigenvalue weighted by Crippen LogP contribution is 2.12. The van der Waals surface area contributed by atoms with Crippen LogP contribution in [0.5, 0.6) is 0 Å². The van der Waals surface area contributed by atoms with Crippen LogP contribution >= 0.6 is 11.8 Å². The van der Waals surface area contributed by atoms with E-state index in [1.807, 2.05) is 13.2 Å². The molecule has 8 N–H and O–H groups in total. The van der Waals surface area contributed by atoms with E-state index in [0.29, 0.717) is 25.0 Å². The van der Waals surface area contributed by atoms with E-state index in [4.69, 9.17) is 11.5 Å². The first-order valence-corrected chi connectivity index (χ1v) is 12.9. The summed E-state index contributed by atoms with van der Waals surface area (Å²) < 4.78 is 0. The first-order valence-electron chi connectivity index (χ1n) is 11.6. The molecular formula is C22H41N5O6S. The molecule has 0 aliphatic carbocycles. The predicted molar refractivity (Wildman–Crippen MR) is 132 cm³/mol. The lowest BCUT2D eigenvalue weighted by molar-refractivity contribution is -0.144. The van der Waals surface area contributed by atoms with Crippen molar-refractivity contribution in [3.63, 3.8) is 0 Å². The summed E-state index contributed by atoms with van der Waals surface area (Å²) in [4.78, 5) is 61.4. The summed E-state index contributed by atoms with van der Waals surface area (Å²) in [5, 5.41) is 17.2. The van der Waals surface area contributed by atoms with Gasteiger partial charge in [0.25, 0.3) is 0 Å². The summed E-state index contributed by atoms with van der Waals surface area (Å²) in [7, 11) is 0. The number of carbonyl (C=O) groups excluding carboxylic acids is 4. The number of carboxylic acid groups (broad SMARTS) is 1. The van der Waals surface area contributed by atoms with Gasteiger partial charge in [-0.15, -0.1) is 0 Å². The van der Waals surface area contributed by atoms with Gasteiger partial charge in [-0.2, -0.15) is 11.8 Å². The number of carboxylic acids is 1. The third kappa shape index (κ3) is 11.2. The van der Waals surface area contributed by atoms with Crippen molar-refractivity contribution in [1.82, 2.24) is 16.0 Å². The van der Waals surface area contributed by atoms with E-state index in [2.05, 4.69) is 16.0 Å². The molecular weight excluding hydrogens is 462 g/mol. The van der Waals surface area contributed by atoms with Crippen LogP contribution in [0, 0.1) is 11.8 Å². The Balaban J connectivity index is 5.62. The SMILES string of the molecule is CCC(C)C(NC(=O)C(CCC(N)=O)NC(=O)C(NC(=O)C(N)CCSC)C(C)CC)C(=O)O. The van der Waals surface area contributed by atoms with Gasteiger partial charge in [0.1, 0.15) is 18.1 Å². The first kappa shape index (κ1) is 31.7. The summed E-state index contributed by atoms with van der Waals surface area (Å²) in [6, 6.07) is -4.12. The van der Waals surface area contributed by atoms with Crippen LogP contribution in [-0.2, 0) is 24.0 Å². The predicted octanol–water partition coefficient (Wildman–Crippen LogP) is -0.0365. The maximum atomic E-state index is 13.1. The number of hydrogen-bond donors (Lipinski definition) is 6.